The number of hydrogen-bond donors (Lipinski definition) is 2. The lowest BCUT2D eigenvalue weighted by atomic mass is 10.1. The molecule has 0 aliphatic carbocycles. The molecule has 0 bridgehead atoms. The van der Waals surface area contributed by atoms with Crippen LogP contribution in [-0.2, 0) is 14.8 Å². The SMILES string of the molecule is COCCCNC(=O)c1ccc(S(=O)(=O)NC(C)(C)C)cc1. The van der Waals surface area contributed by atoms with Crippen molar-refractivity contribution in [2.45, 2.75) is 37.6 Å². The Labute approximate surface area is 132 Å². The minimum Gasteiger partial charge on any atom is -0.385 e. The van der Waals surface area contributed by atoms with Crippen molar-refractivity contribution in [1.29, 1.82) is 0 Å². The monoisotopic (exact) mass is 328 g/mol. The van der Waals surface area contributed by atoms with Crippen molar-refractivity contribution in [2.24, 2.45) is 0 Å². The van der Waals surface area contributed by atoms with Gasteiger partial charge in [-0.05, 0) is 51.5 Å². The van der Waals surface area contributed by atoms with Crippen LogP contribution in [0.5, 0.6) is 0 Å². The van der Waals surface area contributed by atoms with Gasteiger partial charge in [0.25, 0.3) is 5.91 Å². The van der Waals surface area contributed by atoms with Gasteiger partial charge in [0.15, 0.2) is 0 Å². The summed E-state index contributed by atoms with van der Waals surface area (Å²) in [6.45, 7) is 6.40. The molecule has 0 saturated heterocycles. The molecule has 0 heterocycles. The Kier molecular flexibility index (Phi) is 6.52. The Morgan fingerprint density at radius 1 is 1.18 bits per heavy atom. The Morgan fingerprint density at radius 2 is 1.77 bits per heavy atom. The third-order valence-corrected chi connectivity index (χ3v) is 4.45. The number of benzene rings is 1. The molecule has 0 saturated carbocycles. The highest BCUT2D eigenvalue weighted by atomic mass is 32.2. The number of carbonyl (C=O) groups excluding carboxylic acids is 1. The number of rotatable bonds is 7. The van der Waals surface area contributed by atoms with Crippen LogP contribution in [0.3, 0.4) is 0 Å². The molecular formula is C15H24N2O4S. The molecule has 2 N–H and O–H groups in total. The molecule has 0 aliphatic rings. The molecule has 1 rings (SSSR count). The molecule has 22 heavy (non-hydrogen) atoms. The van der Waals surface area contributed by atoms with Gasteiger partial charge < -0.3 is 10.1 Å². The van der Waals surface area contributed by atoms with Gasteiger partial charge in [-0.15, -0.1) is 0 Å². The van der Waals surface area contributed by atoms with Crippen molar-refractivity contribution >= 4 is 15.9 Å². The van der Waals surface area contributed by atoms with Crippen LogP contribution in [0.25, 0.3) is 0 Å². The van der Waals surface area contributed by atoms with Gasteiger partial charge in [-0.25, -0.2) is 13.1 Å². The van der Waals surface area contributed by atoms with Crippen LogP contribution in [0.2, 0.25) is 0 Å². The molecule has 0 aliphatic heterocycles. The maximum absolute atomic E-state index is 12.1. The molecule has 6 nitrogen and oxygen atoms in total. The van der Waals surface area contributed by atoms with E-state index in [2.05, 4.69) is 10.0 Å². The van der Waals surface area contributed by atoms with E-state index in [-0.39, 0.29) is 10.8 Å². The number of carbonyl (C=O) groups is 1. The second-order valence-electron chi connectivity index (χ2n) is 5.98. The van der Waals surface area contributed by atoms with Crippen LogP contribution in [-0.4, -0.2) is 40.1 Å². The zero-order valence-corrected chi connectivity index (χ0v) is 14.3. The second-order valence-corrected chi connectivity index (χ2v) is 7.66. The van der Waals surface area contributed by atoms with Gasteiger partial charge in [0.05, 0.1) is 4.90 Å². The van der Waals surface area contributed by atoms with Gasteiger partial charge in [-0.2, -0.15) is 0 Å². The van der Waals surface area contributed by atoms with Gasteiger partial charge in [0, 0.05) is 31.4 Å². The average molecular weight is 328 g/mol. The van der Waals surface area contributed by atoms with Crippen molar-refractivity contribution in [2.75, 3.05) is 20.3 Å². The van der Waals surface area contributed by atoms with E-state index in [0.717, 1.165) is 6.42 Å². The predicted molar refractivity (Wildman–Crippen MR) is 85.3 cm³/mol. The standard InChI is InChI=1S/C15H24N2O4S/c1-15(2,3)17-22(19,20)13-8-6-12(7-9-13)14(18)16-10-5-11-21-4/h6-9,17H,5,10-11H2,1-4H3,(H,16,18). The molecule has 0 unspecified atom stereocenters. The molecule has 0 atom stereocenters. The summed E-state index contributed by atoms with van der Waals surface area (Å²) < 4.78 is 31.8. The molecule has 1 aromatic rings. The van der Waals surface area contributed by atoms with Crippen LogP contribution in [0, 0.1) is 0 Å². The van der Waals surface area contributed by atoms with Gasteiger partial charge in [-0.3, -0.25) is 4.79 Å². The molecule has 0 spiro atoms. The van der Waals surface area contributed by atoms with E-state index < -0.39 is 15.6 Å². The van der Waals surface area contributed by atoms with Crippen LogP contribution >= 0.6 is 0 Å². The van der Waals surface area contributed by atoms with Crippen LogP contribution in [0.1, 0.15) is 37.6 Å². The van der Waals surface area contributed by atoms with E-state index in [1.54, 1.807) is 27.9 Å². The molecule has 0 aromatic heterocycles. The zero-order chi connectivity index (χ0) is 16.8. The molecular weight excluding hydrogens is 304 g/mol. The minimum atomic E-state index is -3.58. The van der Waals surface area contributed by atoms with Gasteiger partial charge >= 0.3 is 0 Å². The summed E-state index contributed by atoms with van der Waals surface area (Å²) in [5, 5.41) is 2.75. The highest BCUT2D eigenvalue weighted by Crippen LogP contribution is 2.13. The predicted octanol–water partition coefficient (Wildman–Crippen LogP) is 1.53. The van der Waals surface area contributed by atoms with Crippen molar-refractivity contribution in [3.05, 3.63) is 29.8 Å². The van der Waals surface area contributed by atoms with Crippen molar-refractivity contribution in [3.63, 3.8) is 0 Å². The van der Waals surface area contributed by atoms with E-state index >= 15 is 0 Å². The largest absolute Gasteiger partial charge is 0.385 e. The quantitative estimate of drug-likeness (QED) is 0.744. The molecule has 124 valence electrons. The third-order valence-electron chi connectivity index (χ3n) is 2.68. The molecule has 7 heteroatoms. The first kappa shape index (κ1) is 18.6. The number of amides is 1. The lowest BCUT2D eigenvalue weighted by molar-refractivity contribution is 0.0948. The topological polar surface area (TPSA) is 84.5 Å². The van der Waals surface area contributed by atoms with Crippen LogP contribution in [0.4, 0.5) is 0 Å². The summed E-state index contributed by atoms with van der Waals surface area (Å²) in [5.74, 6) is -0.233. The summed E-state index contributed by atoms with van der Waals surface area (Å²) in [6, 6.07) is 5.86. The van der Waals surface area contributed by atoms with E-state index in [4.69, 9.17) is 4.74 Å². The summed E-state index contributed by atoms with van der Waals surface area (Å²) >= 11 is 0. The maximum atomic E-state index is 12.1. The summed E-state index contributed by atoms with van der Waals surface area (Å²) in [7, 11) is -1.98. The van der Waals surface area contributed by atoms with Crippen molar-refractivity contribution in [3.8, 4) is 0 Å². The number of sulfonamides is 1. The average Bonchev–Trinajstić information content (AvgIpc) is 2.41. The molecule has 1 aromatic carbocycles. The smallest absolute Gasteiger partial charge is 0.251 e. The number of ether oxygens (including phenoxy) is 1. The lowest BCUT2D eigenvalue weighted by Crippen LogP contribution is -2.40. The van der Waals surface area contributed by atoms with Gasteiger partial charge in [-0.1, -0.05) is 0 Å². The normalized spacial score (nSPS) is 12.2. The zero-order valence-electron chi connectivity index (χ0n) is 13.5. The summed E-state index contributed by atoms with van der Waals surface area (Å²) in [6.07, 6.45) is 0.726. The Balaban J connectivity index is 2.72. The molecule has 0 fully saturated rings. The fourth-order valence-corrected chi connectivity index (χ4v) is 3.19. The fraction of sp³-hybridized carbons (Fsp3) is 0.533. The van der Waals surface area contributed by atoms with E-state index in [1.807, 2.05) is 0 Å². The second kappa shape index (κ2) is 7.71. The first-order valence-corrected chi connectivity index (χ1v) is 8.55. The highest BCUT2D eigenvalue weighted by Gasteiger charge is 2.22. The number of methoxy groups -OCH3 is 1. The van der Waals surface area contributed by atoms with Gasteiger partial charge in [0.2, 0.25) is 10.0 Å². The van der Waals surface area contributed by atoms with E-state index in [9.17, 15) is 13.2 Å². The van der Waals surface area contributed by atoms with Crippen LogP contribution in [0.15, 0.2) is 29.2 Å². The lowest BCUT2D eigenvalue weighted by Gasteiger charge is -2.20. The molecule has 0 radical (unpaired) electrons. The van der Waals surface area contributed by atoms with Crippen molar-refractivity contribution < 1.29 is 17.9 Å². The highest BCUT2D eigenvalue weighted by molar-refractivity contribution is 7.89. The Hall–Kier alpha value is -1.44. The Morgan fingerprint density at radius 3 is 2.27 bits per heavy atom. The van der Waals surface area contributed by atoms with Crippen LogP contribution < -0.4 is 10.0 Å². The number of nitrogens with one attached hydrogen (secondary N) is 2. The van der Waals surface area contributed by atoms with E-state index in [0.29, 0.717) is 18.7 Å². The first-order valence-electron chi connectivity index (χ1n) is 7.07. The Bertz CT molecular complexity index is 589. The number of hydrogen-bond acceptors (Lipinski definition) is 4. The summed E-state index contributed by atoms with van der Waals surface area (Å²) in [4.78, 5) is 12.0. The third kappa shape index (κ3) is 6.13. The maximum Gasteiger partial charge on any atom is 0.251 e. The van der Waals surface area contributed by atoms with E-state index in [1.165, 1.54) is 24.3 Å². The summed E-state index contributed by atoms with van der Waals surface area (Å²) in [5.41, 5.74) is -0.136. The first-order chi connectivity index (χ1) is 10.2. The van der Waals surface area contributed by atoms with Gasteiger partial charge in [0.1, 0.15) is 0 Å². The minimum absolute atomic E-state index is 0.137. The molecule has 1 amide bonds. The van der Waals surface area contributed by atoms with Crippen molar-refractivity contribution in [1.82, 2.24) is 10.0 Å². The fourth-order valence-electron chi connectivity index (χ4n) is 1.77.